The fraction of sp³-hybridized carbons (Fsp3) is 0.655. The fourth-order valence-electron chi connectivity index (χ4n) is 8.15. The Hall–Kier alpha value is -2.20. The number of nitrogens with one attached hydrogen (secondary N) is 1. The summed E-state index contributed by atoms with van der Waals surface area (Å²) in [5.74, 6) is -0.0540. The Labute approximate surface area is 225 Å². The number of carbonyl (C=O) groups is 2. The number of hydrogen-bond donors (Lipinski definition) is 3. The van der Waals surface area contributed by atoms with Gasteiger partial charge in [0.1, 0.15) is 17.6 Å². The van der Waals surface area contributed by atoms with E-state index in [-0.39, 0.29) is 35.6 Å². The van der Waals surface area contributed by atoms with E-state index < -0.39 is 36.1 Å². The molecule has 0 radical (unpaired) electrons. The van der Waals surface area contributed by atoms with Crippen LogP contribution in [0.3, 0.4) is 0 Å². The Balaban J connectivity index is 1.42. The molecule has 1 aromatic carbocycles. The highest BCUT2D eigenvalue weighted by Crippen LogP contribution is 2.68. The van der Waals surface area contributed by atoms with E-state index in [1.807, 2.05) is 6.92 Å². The monoisotopic (exact) mass is 525 g/mol. The van der Waals surface area contributed by atoms with Gasteiger partial charge < -0.3 is 24.4 Å². The number of benzene rings is 1. The van der Waals surface area contributed by atoms with Crippen molar-refractivity contribution in [2.45, 2.75) is 78.6 Å². The van der Waals surface area contributed by atoms with Crippen molar-refractivity contribution in [3.05, 3.63) is 36.4 Å². The smallest absolute Gasteiger partial charge is 0.438 e. The molecular weight excluding hydrogens is 485 g/mol. The second kappa shape index (κ2) is 9.77. The van der Waals surface area contributed by atoms with Crippen LogP contribution in [0.15, 0.2) is 30.9 Å². The number of carbonyl (C=O) groups excluding carboxylic acids is 2. The van der Waals surface area contributed by atoms with Gasteiger partial charge in [0, 0.05) is 23.2 Å². The lowest BCUT2D eigenvalue weighted by atomic mass is 9.44. The Kier molecular flexibility index (Phi) is 7.04. The van der Waals surface area contributed by atoms with Crippen LogP contribution in [0.4, 0.5) is 0 Å². The first kappa shape index (κ1) is 27.4. The lowest BCUT2D eigenvalue weighted by Gasteiger charge is -2.61. The highest BCUT2D eigenvalue weighted by Gasteiger charge is 2.68. The lowest BCUT2D eigenvalue weighted by Crippen LogP contribution is -2.63. The van der Waals surface area contributed by atoms with E-state index in [9.17, 15) is 19.7 Å². The molecule has 2 bridgehead atoms. The van der Waals surface area contributed by atoms with Crippen LogP contribution in [0.25, 0.3) is 0 Å². The number of aliphatic hydroxyl groups excluding tert-OH is 1. The van der Waals surface area contributed by atoms with Crippen LogP contribution >= 0.6 is 0 Å². The molecule has 4 aliphatic rings. The summed E-state index contributed by atoms with van der Waals surface area (Å²) in [7, 11) is -0.980. The van der Waals surface area contributed by atoms with E-state index in [1.54, 1.807) is 24.3 Å². The van der Waals surface area contributed by atoms with Crippen molar-refractivity contribution in [3.63, 3.8) is 0 Å². The van der Waals surface area contributed by atoms with Gasteiger partial charge in [0.15, 0.2) is 6.61 Å². The van der Waals surface area contributed by atoms with Crippen molar-refractivity contribution in [1.82, 2.24) is 5.39 Å². The van der Waals surface area contributed by atoms with Crippen molar-refractivity contribution in [1.29, 1.82) is 0 Å². The van der Waals surface area contributed by atoms with Crippen molar-refractivity contribution in [2.24, 2.45) is 34.0 Å². The lowest BCUT2D eigenvalue weighted by molar-refractivity contribution is -0.207. The normalized spacial score (nSPS) is 40.4. The molecule has 9 heteroatoms. The zero-order valence-electron chi connectivity index (χ0n) is 22.9. The van der Waals surface area contributed by atoms with Gasteiger partial charge >= 0.3 is 13.0 Å². The Morgan fingerprint density at radius 2 is 2.08 bits per heavy atom. The van der Waals surface area contributed by atoms with Crippen LogP contribution in [0.5, 0.6) is 5.75 Å². The quantitative estimate of drug-likeness (QED) is 0.306. The fourth-order valence-corrected chi connectivity index (χ4v) is 8.15. The van der Waals surface area contributed by atoms with Gasteiger partial charge in [-0.1, -0.05) is 39.8 Å². The van der Waals surface area contributed by atoms with Crippen molar-refractivity contribution >= 4 is 24.3 Å². The molecule has 206 valence electrons. The molecule has 1 aromatic rings. The number of rotatable bonds is 5. The van der Waals surface area contributed by atoms with Gasteiger partial charge in [-0.05, 0) is 66.1 Å². The summed E-state index contributed by atoms with van der Waals surface area (Å²) in [6, 6.07) is 5.20. The second-order valence-corrected chi connectivity index (χ2v) is 12.5. The number of aliphatic hydroxyl groups is 1. The summed E-state index contributed by atoms with van der Waals surface area (Å²) in [5, 5.41) is 24.3. The number of ketones is 1. The third-order valence-corrected chi connectivity index (χ3v) is 10.8. The molecule has 3 aliphatic carbocycles. The number of hydrogen-bond acceptors (Lipinski definition) is 8. The molecule has 3 saturated carbocycles. The summed E-state index contributed by atoms with van der Waals surface area (Å²) in [6.07, 6.45) is 3.95. The molecule has 0 spiro atoms. The topological polar surface area (TPSA) is 114 Å². The number of Topliss-reactive ketones (excluding diaryl/α,β-unsaturated/α-hetero) is 1. The molecule has 3 N–H and O–H groups in total. The van der Waals surface area contributed by atoms with E-state index in [0.29, 0.717) is 30.7 Å². The average molecular weight is 525 g/mol. The van der Waals surface area contributed by atoms with Crippen LogP contribution in [-0.4, -0.2) is 47.7 Å². The van der Waals surface area contributed by atoms with Gasteiger partial charge in [-0.15, -0.1) is 6.58 Å². The van der Waals surface area contributed by atoms with E-state index in [4.69, 9.17) is 14.3 Å². The van der Waals surface area contributed by atoms with Gasteiger partial charge in [-0.2, -0.15) is 0 Å². The standard InChI is InChI=1S/C29H40BNO7/c1-6-27(4)14-23(38-24(33)16-36-20-8-7-19-15-37-31-30(35)21(19)13-20)28(5)17(2)9-11-29(18(3)26(27)34)12-10-22(32)25(28)29/h6-8,13,17-18,23,25-26,31,34-35H,1,9-12,14-16H2,2-5H3/t17-,18+,23-,25+,26+,27-,28+,29+/m1/s1. The summed E-state index contributed by atoms with van der Waals surface area (Å²) < 4.78 is 12.0. The Bertz CT molecular complexity index is 1130. The van der Waals surface area contributed by atoms with Crippen molar-refractivity contribution < 1.29 is 34.0 Å². The van der Waals surface area contributed by atoms with Crippen LogP contribution in [-0.2, 0) is 25.8 Å². The van der Waals surface area contributed by atoms with Gasteiger partial charge in [-0.25, -0.2) is 10.2 Å². The molecule has 5 rings (SSSR count). The van der Waals surface area contributed by atoms with E-state index in [1.165, 1.54) is 0 Å². The highest BCUT2D eigenvalue weighted by atomic mass is 16.6. The van der Waals surface area contributed by atoms with Crippen LogP contribution < -0.4 is 15.6 Å². The predicted molar refractivity (Wildman–Crippen MR) is 142 cm³/mol. The zero-order chi connectivity index (χ0) is 27.5. The van der Waals surface area contributed by atoms with Gasteiger partial charge in [0.05, 0.1) is 12.7 Å². The molecule has 0 amide bonds. The molecule has 1 heterocycles. The maximum absolute atomic E-state index is 13.5. The van der Waals surface area contributed by atoms with Gasteiger partial charge in [0.2, 0.25) is 0 Å². The summed E-state index contributed by atoms with van der Waals surface area (Å²) in [6.45, 7) is 12.4. The van der Waals surface area contributed by atoms with E-state index in [2.05, 4.69) is 32.7 Å². The van der Waals surface area contributed by atoms with E-state index in [0.717, 1.165) is 24.8 Å². The third kappa shape index (κ3) is 4.13. The molecule has 1 aliphatic heterocycles. The Morgan fingerprint density at radius 1 is 1.32 bits per heavy atom. The molecule has 0 unspecified atom stereocenters. The largest absolute Gasteiger partial charge is 0.482 e. The van der Waals surface area contributed by atoms with Crippen molar-refractivity contribution in [2.75, 3.05) is 6.61 Å². The molecule has 0 aromatic heterocycles. The van der Waals surface area contributed by atoms with Gasteiger partial charge in [-0.3, -0.25) is 4.79 Å². The highest BCUT2D eigenvalue weighted by molar-refractivity contribution is 6.64. The molecule has 0 saturated heterocycles. The Morgan fingerprint density at radius 3 is 2.82 bits per heavy atom. The summed E-state index contributed by atoms with van der Waals surface area (Å²) in [4.78, 5) is 31.9. The minimum absolute atomic E-state index is 0.0759. The minimum Gasteiger partial charge on any atom is -0.482 e. The SMILES string of the molecule is C=C[C@]1(C)C[C@@H](OC(=O)COc2ccc3c(c2)B(O)NOC3)[C@]2(C)[C@H](C)CC[C@]3(CCC(=O)[C@H]32)[C@@H](C)[C@@H]1O. The minimum atomic E-state index is -0.980. The number of ether oxygens (including phenoxy) is 2. The first-order valence-electron chi connectivity index (χ1n) is 13.8. The summed E-state index contributed by atoms with van der Waals surface area (Å²) in [5.41, 5.74) is -0.100. The van der Waals surface area contributed by atoms with Crippen LogP contribution in [0.1, 0.15) is 65.4 Å². The first-order valence-corrected chi connectivity index (χ1v) is 13.8. The molecule has 38 heavy (non-hydrogen) atoms. The second-order valence-electron chi connectivity index (χ2n) is 12.5. The maximum Gasteiger partial charge on any atom is 0.438 e. The van der Waals surface area contributed by atoms with Crippen LogP contribution in [0, 0.1) is 34.0 Å². The van der Waals surface area contributed by atoms with Crippen molar-refractivity contribution in [3.8, 4) is 5.75 Å². The number of esters is 1. The maximum atomic E-state index is 13.5. The third-order valence-electron chi connectivity index (χ3n) is 10.8. The summed E-state index contributed by atoms with van der Waals surface area (Å²) >= 11 is 0. The van der Waals surface area contributed by atoms with E-state index >= 15 is 0 Å². The van der Waals surface area contributed by atoms with Gasteiger partial charge in [0.25, 0.3) is 0 Å². The molecular formula is C29H40BNO7. The van der Waals surface area contributed by atoms with Crippen LogP contribution in [0.2, 0.25) is 0 Å². The number of fused-ring (bicyclic) bond motifs is 1. The molecule has 8 atom stereocenters. The predicted octanol–water partition coefficient (Wildman–Crippen LogP) is 2.69. The molecule has 8 nitrogen and oxygen atoms in total. The molecule has 3 fully saturated rings. The zero-order valence-corrected chi connectivity index (χ0v) is 22.9. The average Bonchev–Trinajstić information content (AvgIpc) is 3.26. The first-order chi connectivity index (χ1) is 18.0.